The van der Waals surface area contributed by atoms with Crippen LogP contribution < -0.4 is 10.2 Å². The van der Waals surface area contributed by atoms with Gasteiger partial charge in [-0.15, -0.1) is 0 Å². The Morgan fingerprint density at radius 3 is 2.73 bits per heavy atom. The first-order valence-electron chi connectivity index (χ1n) is 9.28. The number of aromatic nitrogens is 1. The predicted octanol–water partition coefficient (Wildman–Crippen LogP) is 2.79. The van der Waals surface area contributed by atoms with E-state index < -0.39 is 0 Å². The van der Waals surface area contributed by atoms with Crippen molar-refractivity contribution in [3.05, 3.63) is 59.8 Å². The highest BCUT2D eigenvalue weighted by atomic mass is 15.3. The lowest BCUT2D eigenvalue weighted by Crippen LogP contribution is -2.39. The molecule has 1 aromatic carbocycles. The topological polar surface area (TPSA) is 43.8 Å². The van der Waals surface area contributed by atoms with Gasteiger partial charge in [0, 0.05) is 34.2 Å². The van der Waals surface area contributed by atoms with Crippen LogP contribution in [-0.2, 0) is 13.0 Å². The molecule has 1 saturated heterocycles. The summed E-state index contributed by atoms with van der Waals surface area (Å²) in [6.45, 7) is 2.80. The number of guanidine groups is 1. The van der Waals surface area contributed by atoms with E-state index in [2.05, 4.69) is 56.6 Å². The molecular formula is C21H29N5. The van der Waals surface area contributed by atoms with Crippen molar-refractivity contribution in [2.75, 3.05) is 39.1 Å². The first kappa shape index (κ1) is 18.2. The average molecular weight is 351 g/mol. The lowest BCUT2D eigenvalue weighted by Gasteiger charge is -2.22. The number of nitrogens with zero attached hydrogens (tertiary/aromatic N) is 4. The third-order valence-electron chi connectivity index (χ3n) is 4.84. The minimum absolute atomic E-state index is 0.686. The molecule has 1 N–H and O–H groups in total. The Bertz CT molecular complexity index is 726. The molecule has 0 amide bonds. The summed E-state index contributed by atoms with van der Waals surface area (Å²) >= 11 is 0. The van der Waals surface area contributed by atoms with Crippen LogP contribution in [-0.4, -0.2) is 50.1 Å². The Labute approximate surface area is 156 Å². The van der Waals surface area contributed by atoms with Crippen molar-refractivity contribution in [3.8, 4) is 0 Å². The molecule has 0 bridgehead atoms. The lowest BCUT2D eigenvalue weighted by molar-refractivity contribution is 0.459. The van der Waals surface area contributed by atoms with Gasteiger partial charge in [-0.1, -0.05) is 36.4 Å². The van der Waals surface area contributed by atoms with Gasteiger partial charge in [0.05, 0.1) is 12.2 Å². The van der Waals surface area contributed by atoms with Crippen LogP contribution in [0.4, 0.5) is 5.82 Å². The molecule has 26 heavy (non-hydrogen) atoms. The fourth-order valence-electron chi connectivity index (χ4n) is 3.46. The molecule has 3 rings (SSSR count). The second-order valence-electron chi connectivity index (χ2n) is 7.07. The number of nitrogens with one attached hydrogen (secondary N) is 1. The summed E-state index contributed by atoms with van der Waals surface area (Å²) in [5, 5.41) is 3.47. The smallest absolute Gasteiger partial charge is 0.193 e. The Kier molecular flexibility index (Phi) is 6.10. The molecular weight excluding hydrogens is 322 g/mol. The van der Waals surface area contributed by atoms with E-state index in [1.165, 1.54) is 12.0 Å². The van der Waals surface area contributed by atoms with Crippen molar-refractivity contribution >= 4 is 11.8 Å². The van der Waals surface area contributed by atoms with Gasteiger partial charge in [-0.05, 0) is 36.5 Å². The maximum absolute atomic E-state index is 4.67. The van der Waals surface area contributed by atoms with E-state index in [4.69, 9.17) is 0 Å². The molecule has 1 aromatic heterocycles. The average Bonchev–Trinajstić information content (AvgIpc) is 3.11. The summed E-state index contributed by atoms with van der Waals surface area (Å²) in [6, 6.07) is 16.9. The van der Waals surface area contributed by atoms with Gasteiger partial charge in [-0.3, -0.25) is 4.99 Å². The minimum atomic E-state index is 0.686. The van der Waals surface area contributed by atoms with Crippen LogP contribution in [0.2, 0.25) is 0 Å². The number of aliphatic imine (C=N–C) groups is 1. The van der Waals surface area contributed by atoms with Crippen molar-refractivity contribution < 1.29 is 0 Å². The number of hydrogen-bond acceptors (Lipinski definition) is 3. The van der Waals surface area contributed by atoms with Gasteiger partial charge in [-0.25, -0.2) is 4.98 Å². The molecule has 1 aliphatic rings. The van der Waals surface area contributed by atoms with E-state index in [1.807, 2.05) is 38.2 Å². The van der Waals surface area contributed by atoms with Crippen LogP contribution in [0.5, 0.6) is 0 Å². The number of hydrogen-bond donors (Lipinski definition) is 1. The quantitative estimate of drug-likeness (QED) is 0.664. The summed E-state index contributed by atoms with van der Waals surface area (Å²) < 4.78 is 0. The van der Waals surface area contributed by atoms with Gasteiger partial charge in [0.25, 0.3) is 0 Å². The lowest BCUT2D eigenvalue weighted by atomic mass is 9.99. The molecule has 0 saturated carbocycles. The number of anilines is 1. The predicted molar refractivity (Wildman–Crippen MR) is 109 cm³/mol. The Morgan fingerprint density at radius 1 is 1.19 bits per heavy atom. The molecule has 5 heteroatoms. The zero-order valence-electron chi connectivity index (χ0n) is 16.0. The SMILES string of the molecule is CN=C(NCc1cccc(N(C)C)n1)N1CCC(Cc2ccccc2)C1. The zero-order valence-corrected chi connectivity index (χ0v) is 16.0. The van der Waals surface area contributed by atoms with Crippen LogP contribution in [0.15, 0.2) is 53.5 Å². The summed E-state index contributed by atoms with van der Waals surface area (Å²) in [7, 11) is 5.88. The van der Waals surface area contributed by atoms with Gasteiger partial charge in [0.2, 0.25) is 0 Å². The van der Waals surface area contributed by atoms with Gasteiger partial charge < -0.3 is 15.1 Å². The number of pyridine rings is 1. The van der Waals surface area contributed by atoms with E-state index in [0.717, 1.165) is 37.0 Å². The molecule has 0 spiro atoms. The summed E-state index contributed by atoms with van der Waals surface area (Å²) in [4.78, 5) is 13.5. The van der Waals surface area contributed by atoms with E-state index in [1.54, 1.807) is 0 Å². The first-order valence-corrected chi connectivity index (χ1v) is 9.28. The number of benzene rings is 1. The van der Waals surface area contributed by atoms with Crippen LogP contribution in [0, 0.1) is 5.92 Å². The van der Waals surface area contributed by atoms with E-state index in [0.29, 0.717) is 12.5 Å². The highest BCUT2D eigenvalue weighted by Gasteiger charge is 2.24. The summed E-state index contributed by atoms with van der Waals surface area (Å²) in [5.41, 5.74) is 2.45. The normalized spacial score (nSPS) is 17.4. The van der Waals surface area contributed by atoms with Crippen molar-refractivity contribution in [1.82, 2.24) is 15.2 Å². The molecule has 1 unspecified atom stereocenters. The molecule has 2 heterocycles. The fourth-order valence-corrected chi connectivity index (χ4v) is 3.46. The third kappa shape index (κ3) is 4.75. The molecule has 0 radical (unpaired) electrons. The van der Waals surface area contributed by atoms with Gasteiger partial charge >= 0.3 is 0 Å². The van der Waals surface area contributed by atoms with E-state index in [-0.39, 0.29) is 0 Å². The van der Waals surface area contributed by atoms with Crippen molar-refractivity contribution in [1.29, 1.82) is 0 Å². The highest BCUT2D eigenvalue weighted by Crippen LogP contribution is 2.21. The Hall–Kier alpha value is -2.56. The van der Waals surface area contributed by atoms with Crippen molar-refractivity contribution in [2.45, 2.75) is 19.4 Å². The highest BCUT2D eigenvalue weighted by molar-refractivity contribution is 5.80. The van der Waals surface area contributed by atoms with E-state index >= 15 is 0 Å². The maximum Gasteiger partial charge on any atom is 0.193 e. The minimum Gasteiger partial charge on any atom is -0.363 e. The maximum atomic E-state index is 4.67. The van der Waals surface area contributed by atoms with Crippen LogP contribution in [0.1, 0.15) is 17.7 Å². The standard InChI is InChI=1S/C21H29N5/c1-22-21(23-15-19-10-7-11-20(24-19)25(2)3)26-13-12-18(16-26)14-17-8-5-4-6-9-17/h4-11,18H,12-16H2,1-3H3,(H,22,23). The first-order chi connectivity index (χ1) is 12.7. The zero-order chi connectivity index (χ0) is 18.4. The fraction of sp³-hybridized carbons (Fsp3) is 0.429. The van der Waals surface area contributed by atoms with Crippen LogP contribution in [0.25, 0.3) is 0 Å². The number of likely N-dealkylation sites (tertiary alicyclic amines) is 1. The number of rotatable bonds is 5. The Balaban J connectivity index is 1.54. The van der Waals surface area contributed by atoms with Gasteiger partial charge in [-0.2, -0.15) is 0 Å². The second kappa shape index (κ2) is 8.70. The van der Waals surface area contributed by atoms with Gasteiger partial charge in [0.1, 0.15) is 5.82 Å². The van der Waals surface area contributed by atoms with Gasteiger partial charge in [0.15, 0.2) is 5.96 Å². The molecule has 138 valence electrons. The monoisotopic (exact) mass is 351 g/mol. The second-order valence-corrected chi connectivity index (χ2v) is 7.07. The van der Waals surface area contributed by atoms with E-state index in [9.17, 15) is 0 Å². The molecule has 5 nitrogen and oxygen atoms in total. The molecule has 2 aromatic rings. The summed E-state index contributed by atoms with van der Waals surface area (Å²) in [6.07, 6.45) is 2.35. The van der Waals surface area contributed by atoms with Crippen molar-refractivity contribution in [3.63, 3.8) is 0 Å². The Morgan fingerprint density at radius 2 is 2.00 bits per heavy atom. The molecule has 1 fully saturated rings. The summed E-state index contributed by atoms with van der Waals surface area (Å²) in [5.74, 6) is 2.63. The van der Waals surface area contributed by atoms with Crippen LogP contribution >= 0.6 is 0 Å². The molecule has 1 aliphatic heterocycles. The third-order valence-corrected chi connectivity index (χ3v) is 4.84. The molecule has 0 aliphatic carbocycles. The molecule has 1 atom stereocenters. The van der Waals surface area contributed by atoms with Crippen LogP contribution in [0.3, 0.4) is 0 Å². The largest absolute Gasteiger partial charge is 0.363 e. The van der Waals surface area contributed by atoms with Crippen molar-refractivity contribution in [2.24, 2.45) is 10.9 Å².